The number of piperidine rings is 2. The molecule has 1 atom stereocenters. The highest BCUT2D eigenvalue weighted by atomic mass is 16.2. The first-order valence-electron chi connectivity index (χ1n) is 11.2. The second-order valence-corrected chi connectivity index (χ2v) is 8.93. The number of rotatable bonds is 6. The van der Waals surface area contributed by atoms with Crippen molar-refractivity contribution in [3.63, 3.8) is 0 Å². The maximum Gasteiger partial charge on any atom is 0.227 e. The lowest BCUT2D eigenvalue weighted by Crippen LogP contribution is -2.50. The van der Waals surface area contributed by atoms with E-state index < -0.39 is 0 Å². The number of aromatic nitrogens is 3. The molecule has 4 rings (SSSR count). The lowest BCUT2D eigenvalue weighted by atomic mass is 9.92. The van der Waals surface area contributed by atoms with Gasteiger partial charge in [0.15, 0.2) is 0 Å². The maximum atomic E-state index is 13.0. The third-order valence-corrected chi connectivity index (χ3v) is 6.57. The van der Waals surface area contributed by atoms with E-state index in [1.165, 1.54) is 18.4 Å². The summed E-state index contributed by atoms with van der Waals surface area (Å²) in [6.07, 6.45) is 8.24. The van der Waals surface area contributed by atoms with E-state index in [0.717, 1.165) is 57.0 Å². The Morgan fingerprint density at radius 2 is 1.97 bits per heavy atom. The number of aromatic amines is 1. The van der Waals surface area contributed by atoms with Crippen LogP contribution in [-0.4, -0.2) is 75.1 Å². The van der Waals surface area contributed by atoms with Crippen molar-refractivity contribution in [2.75, 3.05) is 33.2 Å². The van der Waals surface area contributed by atoms with Crippen LogP contribution in [0.5, 0.6) is 0 Å². The van der Waals surface area contributed by atoms with E-state index >= 15 is 0 Å². The molecule has 1 N–H and O–H groups in total. The molecule has 0 aromatic carbocycles. The molecule has 2 aliphatic heterocycles. The quantitative estimate of drug-likeness (QED) is 0.792. The van der Waals surface area contributed by atoms with Crippen LogP contribution < -0.4 is 0 Å². The number of H-pyrrole nitrogens is 1. The molecule has 4 heterocycles. The van der Waals surface area contributed by atoms with E-state index in [9.17, 15) is 4.79 Å². The summed E-state index contributed by atoms with van der Waals surface area (Å²) in [6, 6.07) is 6.83. The summed E-state index contributed by atoms with van der Waals surface area (Å²) in [4.78, 5) is 24.1. The van der Waals surface area contributed by atoms with Crippen molar-refractivity contribution in [1.29, 1.82) is 0 Å². The predicted octanol–water partition coefficient (Wildman–Crippen LogP) is 2.45. The second kappa shape index (κ2) is 9.71. The maximum absolute atomic E-state index is 13.0. The molecule has 7 heteroatoms. The molecule has 1 amide bonds. The van der Waals surface area contributed by atoms with E-state index in [0.29, 0.717) is 12.6 Å². The first-order chi connectivity index (χ1) is 14.6. The lowest BCUT2D eigenvalue weighted by molar-refractivity contribution is -0.137. The molecule has 2 fully saturated rings. The summed E-state index contributed by atoms with van der Waals surface area (Å²) in [7, 11) is 1.91. The van der Waals surface area contributed by atoms with Crippen LogP contribution in [0.25, 0.3) is 0 Å². The zero-order chi connectivity index (χ0) is 20.9. The summed E-state index contributed by atoms with van der Waals surface area (Å²) in [5.41, 5.74) is 3.30. The number of hydrogen-bond acceptors (Lipinski definition) is 5. The second-order valence-electron chi connectivity index (χ2n) is 8.93. The number of aryl methyl sites for hydroxylation is 1. The molecule has 0 saturated carbocycles. The largest absolute Gasteiger partial charge is 0.340 e. The van der Waals surface area contributed by atoms with Gasteiger partial charge in [0.25, 0.3) is 0 Å². The highest BCUT2D eigenvalue weighted by Crippen LogP contribution is 2.25. The number of likely N-dealkylation sites (tertiary alicyclic amines) is 2. The normalized spacial score (nSPS) is 21.6. The van der Waals surface area contributed by atoms with E-state index in [4.69, 9.17) is 0 Å². The van der Waals surface area contributed by atoms with Crippen LogP contribution >= 0.6 is 0 Å². The van der Waals surface area contributed by atoms with E-state index in [1.54, 1.807) is 0 Å². The van der Waals surface area contributed by atoms with Crippen LogP contribution in [-0.2, 0) is 17.9 Å². The molecule has 2 saturated heterocycles. The van der Waals surface area contributed by atoms with Crippen LogP contribution in [0.4, 0.5) is 0 Å². The minimum Gasteiger partial charge on any atom is -0.340 e. The number of nitrogens with zero attached hydrogens (tertiary/aromatic N) is 5. The van der Waals surface area contributed by atoms with Crippen molar-refractivity contribution in [1.82, 2.24) is 29.9 Å². The minimum absolute atomic E-state index is 0.110. The molecular formula is C23H34N6O. The zero-order valence-corrected chi connectivity index (χ0v) is 18.3. The molecule has 2 aromatic rings. The third kappa shape index (κ3) is 5.26. The Bertz CT molecular complexity index is 814. The van der Waals surface area contributed by atoms with Gasteiger partial charge in [0.05, 0.1) is 18.2 Å². The van der Waals surface area contributed by atoms with Gasteiger partial charge in [-0.05, 0) is 76.0 Å². The SMILES string of the molecule is Cc1cc(CN(C)C(=O)C2CCCN(C3CCN(Cc4ccncc4)CC3)C2)n[nH]1. The summed E-state index contributed by atoms with van der Waals surface area (Å²) in [6.45, 7) is 7.85. The highest BCUT2D eigenvalue weighted by Gasteiger charge is 2.32. The summed E-state index contributed by atoms with van der Waals surface area (Å²) >= 11 is 0. The van der Waals surface area contributed by atoms with E-state index in [2.05, 4.69) is 37.1 Å². The summed E-state index contributed by atoms with van der Waals surface area (Å²) in [5.74, 6) is 0.370. The molecular weight excluding hydrogens is 376 g/mol. The number of carbonyl (C=O) groups excluding carboxylic acids is 1. The van der Waals surface area contributed by atoms with Crippen LogP contribution in [0.2, 0.25) is 0 Å². The Kier molecular flexibility index (Phi) is 6.79. The highest BCUT2D eigenvalue weighted by molar-refractivity contribution is 5.78. The van der Waals surface area contributed by atoms with Gasteiger partial charge in [0.1, 0.15) is 0 Å². The summed E-state index contributed by atoms with van der Waals surface area (Å²) in [5, 5.41) is 7.23. The van der Waals surface area contributed by atoms with Gasteiger partial charge in [-0.3, -0.25) is 24.7 Å². The third-order valence-electron chi connectivity index (χ3n) is 6.57. The Balaban J connectivity index is 1.26. The van der Waals surface area contributed by atoms with Gasteiger partial charge < -0.3 is 4.90 Å². The van der Waals surface area contributed by atoms with Crippen molar-refractivity contribution in [3.8, 4) is 0 Å². The van der Waals surface area contributed by atoms with Gasteiger partial charge in [-0.25, -0.2) is 0 Å². The van der Waals surface area contributed by atoms with Gasteiger partial charge in [-0.1, -0.05) is 0 Å². The van der Waals surface area contributed by atoms with Crippen molar-refractivity contribution in [2.45, 2.75) is 51.7 Å². The Morgan fingerprint density at radius 1 is 1.20 bits per heavy atom. The van der Waals surface area contributed by atoms with Crippen LogP contribution in [0, 0.1) is 12.8 Å². The number of nitrogens with one attached hydrogen (secondary N) is 1. The van der Waals surface area contributed by atoms with Crippen molar-refractivity contribution in [2.24, 2.45) is 5.92 Å². The Morgan fingerprint density at radius 3 is 2.67 bits per heavy atom. The number of carbonyl (C=O) groups is 1. The first-order valence-corrected chi connectivity index (χ1v) is 11.2. The first kappa shape index (κ1) is 21.0. The zero-order valence-electron chi connectivity index (χ0n) is 18.3. The molecule has 7 nitrogen and oxygen atoms in total. The molecule has 0 radical (unpaired) electrons. The van der Waals surface area contributed by atoms with Gasteiger partial charge in [-0.15, -0.1) is 0 Å². The number of amides is 1. The average molecular weight is 411 g/mol. The van der Waals surface area contributed by atoms with E-state index in [1.807, 2.05) is 37.3 Å². The fraction of sp³-hybridized carbons (Fsp3) is 0.609. The lowest BCUT2D eigenvalue weighted by Gasteiger charge is -2.42. The molecule has 2 aromatic heterocycles. The number of pyridine rings is 1. The minimum atomic E-state index is 0.110. The fourth-order valence-corrected chi connectivity index (χ4v) is 4.92. The Hall–Kier alpha value is -2.25. The van der Waals surface area contributed by atoms with Gasteiger partial charge in [-0.2, -0.15) is 5.10 Å². The van der Waals surface area contributed by atoms with Crippen LogP contribution in [0.1, 0.15) is 42.6 Å². The van der Waals surface area contributed by atoms with Crippen molar-refractivity contribution in [3.05, 3.63) is 47.5 Å². The van der Waals surface area contributed by atoms with Crippen molar-refractivity contribution < 1.29 is 4.79 Å². The summed E-state index contributed by atoms with van der Waals surface area (Å²) < 4.78 is 0. The molecule has 0 spiro atoms. The molecule has 0 aliphatic carbocycles. The van der Waals surface area contributed by atoms with Gasteiger partial charge in [0, 0.05) is 44.3 Å². The molecule has 30 heavy (non-hydrogen) atoms. The van der Waals surface area contributed by atoms with Crippen LogP contribution in [0.3, 0.4) is 0 Å². The average Bonchev–Trinajstić information content (AvgIpc) is 3.19. The number of hydrogen-bond donors (Lipinski definition) is 1. The van der Waals surface area contributed by atoms with Crippen LogP contribution in [0.15, 0.2) is 30.6 Å². The molecule has 2 aliphatic rings. The van der Waals surface area contributed by atoms with E-state index in [-0.39, 0.29) is 11.8 Å². The molecule has 1 unspecified atom stereocenters. The molecule has 162 valence electrons. The standard InChI is InChI=1S/C23H34N6O/c1-18-14-21(26-25-18)17-27(2)23(30)20-4-3-11-29(16-20)22-7-12-28(13-8-22)15-19-5-9-24-10-6-19/h5-6,9-10,14,20,22H,3-4,7-8,11-13,15-17H2,1-2H3,(H,25,26). The smallest absolute Gasteiger partial charge is 0.227 e. The topological polar surface area (TPSA) is 68.4 Å². The fourth-order valence-electron chi connectivity index (χ4n) is 4.92. The van der Waals surface area contributed by atoms with Gasteiger partial charge in [0.2, 0.25) is 5.91 Å². The van der Waals surface area contributed by atoms with Crippen molar-refractivity contribution >= 4 is 5.91 Å². The molecule has 0 bridgehead atoms. The predicted molar refractivity (Wildman–Crippen MR) is 117 cm³/mol. The van der Waals surface area contributed by atoms with Gasteiger partial charge >= 0.3 is 0 Å². The Labute approximate surface area is 179 Å². The monoisotopic (exact) mass is 410 g/mol.